The van der Waals surface area contributed by atoms with Crippen LogP contribution < -0.4 is 5.69 Å². The van der Waals surface area contributed by atoms with E-state index < -0.39 is 23.5 Å². The smallest absolute Gasteiger partial charge is 0.338 e. The minimum atomic E-state index is -1.38. The van der Waals surface area contributed by atoms with Crippen molar-refractivity contribution < 1.29 is 19.4 Å². The molecule has 1 aromatic heterocycles. The van der Waals surface area contributed by atoms with Gasteiger partial charge in [0.2, 0.25) is 0 Å². The van der Waals surface area contributed by atoms with E-state index in [9.17, 15) is 19.1 Å². The fourth-order valence-corrected chi connectivity index (χ4v) is 4.19. The minimum absolute atomic E-state index is 0. The van der Waals surface area contributed by atoms with E-state index in [1.54, 1.807) is 24.3 Å². The SMILES string of the molecule is Cl.O=C(O)c1cc2[nH]c(=O)n(C3CCN(CC(O)c4ccc(Cl)cc4)CC3)c2cc1F. The van der Waals surface area contributed by atoms with Crippen LogP contribution in [-0.2, 0) is 0 Å². The number of aliphatic hydroxyl groups is 1. The zero-order valence-electron chi connectivity index (χ0n) is 16.4. The second kappa shape index (κ2) is 9.40. The number of carboxylic acids is 1. The minimum Gasteiger partial charge on any atom is -0.478 e. The molecule has 2 aromatic carbocycles. The van der Waals surface area contributed by atoms with Crippen molar-refractivity contribution in [2.24, 2.45) is 0 Å². The Morgan fingerprint density at radius 1 is 1.23 bits per heavy atom. The largest absolute Gasteiger partial charge is 0.478 e. The lowest BCUT2D eigenvalue weighted by atomic mass is 10.0. The maximum atomic E-state index is 14.2. The van der Waals surface area contributed by atoms with Crippen molar-refractivity contribution in [3.05, 3.63) is 68.8 Å². The number of aromatic amines is 1. The summed E-state index contributed by atoms with van der Waals surface area (Å²) in [5.74, 6) is -2.25. The molecule has 0 amide bonds. The molecule has 1 aliphatic heterocycles. The van der Waals surface area contributed by atoms with Crippen LogP contribution in [0.2, 0.25) is 5.02 Å². The van der Waals surface area contributed by atoms with Gasteiger partial charge in [0.05, 0.1) is 22.7 Å². The van der Waals surface area contributed by atoms with Crippen LogP contribution in [0.25, 0.3) is 11.0 Å². The number of hydrogen-bond donors (Lipinski definition) is 3. The molecule has 3 aromatic rings. The summed E-state index contributed by atoms with van der Waals surface area (Å²) in [6.45, 7) is 1.81. The predicted molar refractivity (Wildman–Crippen MR) is 118 cm³/mol. The van der Waals surface area contributed by atoms with Crippen LogP contribution >= 0.6 is 24.0 Å². The van der Waals surface area contributed by atoms with Crippen LogP contribution in [0.1, 0.15) is 40.9 Å². The Kier molecular flexibility index (Phi) is 7.06. The van der Waals surface area contributed by atoms with Gasteiger partial charge in [-0.15, -0.1) is 12.4 Å². The van der Waals surface area contributed by atoms with E-state index in [-0.39, 0.29) is 24.1 Å². The molecule has 166 valence electrons. The Morgan fingerprint density at radius 3 is 2.48 bits per heavy atom. The van der Waals surface area contributed by atoms with Crippen molar-refractivity contribution in [1.29, 1.82) is 0 Å². The monoisotopic (exact) mass is 469 g/mol. The third-order valence-corrected chi connectivity index (χ3v) is 5.90. The number of nitrogens with zero attached hydrogens (tertiary/aromatic N) is 2. The summed E-state index contributed by atoms with van der Waals surface area (Å²) in [6.07, 6.45) is 0.670. The topological polar surface area (TPSA) is 98.6 Å². The van der Waals surface area contributed by atoms with E-state index in [0.29, 0.717) is 48.5 Å². The molecule has 1 atom stereocenters. The van der Waals surface area contributed by atoms with Crippen LogP contribution in [0.5, 0.6) is 0 Å². The lowest BCUT2D eigenvalue weighted by Crippen LogP contribution is -2.39. The molecule has 1 unspecified atom stereocenters. The number of nitrogens with one attached hydrogen (secondary N) is 1. The fourth-order valence-electron chi connectivity index (χ4n) is 4.07. The van der Waals surface area contributed by atoms with Crippen LogP contribution in [0.15, 0.2) is 41.2 Å². The molecule has 7 nitrogen and oxygen atoms in total. The third kappa shape index (κ3) is 4.77. The van der Waals surface area contributed by atoms with E-state index in [1.807, 2.05) is 0 Å². The van der Waals surface area contributed by atoms with E-state index in [2.05, 4.69) is 9.88 Å². The van der Waals surface area contributed by atoms with Gasteiger partial charge < -0.3 is 20.1 Å². The van der Waals surface area contributed by atoms with Crippen molar-refractivity contribution in [2.45, 2.75) is 25.0 Å². The van der Waals surface area contributed by atoms with Gasteiger partial charge in [-0.2, -0.15) is 0 Å². The number of halogens is 3. The van der Waals surface area contributed by atoms with Gasteiger partial charge in [-0.25, -0.2) is 14.0 Å². The first-order valence-electron chi connectivity index (χ1n) is 9.66. The molecule has 1 aliphatic rings. The zero-order chi connectivity index (χ0) is 21.4. The van der Waals surface area contributed by atoms with Gasteiger partial charge in [0, 0.05) is 36.8 Å². The summed E-state index contributed by atoms with van der Waals surface area (Å²) >= 11 is 5.89. The average molecular weight is 470 g/mol. The first-order valence-corrected chi connectivity index (χ1v) is 10.0. The second-order valence-corrected chi connectivity index (χ2v) is 7.99. The predicted octanol–water partition coefficient (Wildman–Crippen LogP) is 3.61. The lowest BCUT2D eigenvalue weighted by molar-refractivity contribution is 0.0692. The standard InChI is InChI=1S/C21H21ClFN3O4.ClH/c22-13-3-1-12(2-4-13)19(27)11-25-7-5-14(6-8-25)26-18-10-16(23)15(20(28)29)9-17(18)24-21(26)30;/h1-4,9-10,14,19,27H,5-8,11H2,(H,24,30)(H,28,29);1H. The maximum absolute atomic E-state index is 14.2. The van der Waals surface area contributed by atoms with Crippen LogP contribution in [0, 0.1) is 5.82 Å². The van der Waals surface area contributed by atoms with Gasteiger partial charge in [0.15, 0.2) is 0 Å². The molecule has 4 rings (SSSR count). The molecule has 10 heteroatoms. The fraction of sp³-hybridized carbons (Fsp3) is 0.333. The Hall–Kier alpha value is -2.39. The first kappa shape index (κ1) is 23.3. The van der Waals surface area contributed by atoms with Crippen molar-refractivity contribution in [3.63, 3.8) is 0 Å². The number of carboxylic acid groups (broad SMARTS) is 1. The molecule has 0 bridgehead atoms. The molecule has 31 heavy (non-hydrogen) atoms. The number of aliphatic hydroxyl groups excluding tert-OH is 1. The van der Waals surface area contributed by atoms with Crippen LogP contribution in [0.3, 0.4) is 0 Å². The van der Waals surface area contributed by atoms with E-state index >= 15 is 0 Å². The number of likely N-dealkylation sites (tertiary alicyclic amines) is 1. The number of aromatic nitrogens is 2. The van der Waals surface area contributed by atoms with Gasteiger partial charge in [-0.1, -0.05) is 23.7 Å². The summed E-state index contributed by atoms with van der Waals surface area (Å²) < 4.78 is 15.7. The molecule has 0 aliphatic carbocycles. The molecular formula is C21H22Cl2FN3O4. The summed E-state index contributed by atoms with van der Waals surface area (Å²) in [5, 5.41) is 20.2. The lowest BCUT2D eigenvalue weighted by Gasteiger charge is -2.33. The first-order chi connectivity index (χ1) is 14.3. The highest BCUT2D eigenvalue weighted by Crippen LogP contribution is 2.27. The number of H-pyrrole nitrogens is 1. The van der Waals surface area contributed by atoms with Crippen molar-refractivity contribution >= 4 is 41.0 Å². The number of carbonyl (C=O) groups is 1. The Labute approximate surface area is 188 Å². The van der Waals surface area contributed by atoms with Gasteiger partial charge in [-0.3, -0.25) is 4.57 Å². The number of piperidine rings is 1. The molecule has 3 N–H and O–H groups in total. The normalized spacial score (nSPS) is 16.2. The number of β-amino-alcohol motifs (C(OH)–C–C–N with tert-alkyl or cyclic N) is 1. The Morgan fingerprint density at radius 2 is 1.87 bits per heavy atom. The number of imidazole rings is 1. The number of rotatable bonds is 5. The number of hydrogen-bond acceptors (Lipinski definition) is 4. The summed E-state index contributed by atoms with van der Waals surface area (Å²) in [7, 11) is 0. The highest BCUT2D eigenvalue weighted by atomic mass is 35.5. The van der Waals surface area contributed by atoms with Gasteiger partial charge in [-0.05, 0) is 36.6 Å². The highest BCUT2D eigenvalue weighted by molar-refractivity contribution is 6.30. The number of aromatic carboxylic acids is 1. The van der Waals surface area contributed by atoms with E-state index in [0.717, 1.165) is 17.7 Å². The molecule has 1 fully saturated rings. The van der Waals surface area contributed by atoms with Crippen molar-refractivity contribution in [1.82, 2.24) is 14.5 Å². The van der Waals surface area contributed by atoms with Gasteiger partial charge in [0.25, 0.3) is 0 Å². The van der Waals surface area contributed by atoms with Crippen molar-refractivity contribution in [3.8, 4) is 0 Å². The van der Waals surface area contributed by atoms with E-state index in [4.69, 9.17) is 16.7 Å². The number of fused-ring (bicyclic) bond motifs is 1. The third-order valence-electron chi connectivity index (χ3n) is 5.64. The quantitative estimate of drug-likeness (QED) is 0.529. The molecule has 0 radical (unpaired) electrons. The van der Waals surface area contributed by atoms with Crippen LogP contribution in [0.4, 0.5) is 4.39 Å². The molecule has 2 heterocycles. The van der Waals surface area contributed by atoms with Gasteiger partial charge >= 0.3 is 11.7 Å². The van der Waals surface area contributed by atoms with Crippen LogP contribution in [-0.4, -0.2) is 50.3 Å². The average Bonchev–Trinajstić information content (AvgIpc) is 3.03. The van der Waals surface area contributed by atoms with Crippen molar-refractivity contribution in [2.75, 3.05) is 19.6 Å². The Bertz CT molecular complexity index is 1140. The second-order valence-electron chi connectivity index (χ2n) is 7.55. The van der Waals surface area contributed by atoms with Gasteiger partial charge in [0.1, 0.15) is 5.82 Å². The number of benzene rings is 2. The van der Waals surface area contributed by atoms with E-state index in [1.165, 1.54) is 4.57 Å². The molecule has 1 saturated heterocycles. The maximum Gasteiger partial charge on any atom is 0.338 e. The summed E-state index contributed by atoms with van der Waals surface area (Å²) in [4.78, 5) is 28.4. The zero-order valence-corrected chi connectivity index (χ0v) is 18.0. The molecular weight excluding hydrogens is 448 g/mol. The molecule has 0 spiro atoms. The highest BCUT2D eigenvalue weighted by Gasteiger charge is 2.26. The summed E-state index contributed by atoms with van der Waals surface area (Å²) in [6, 6.07) is 9.20. The summed E-state index contributed by atoms with van der Waals surface area (Å²) in [5.41, 5.74) is 0.606. The Balaban J connectivity index is 0.00000272. The molecule has 0 saturated carbocycles.